The number of morpholine rings is 1. The highest BCUT2D eigenvalue weighted by molar-refractivity contribution is 7.91. The fraction of sp³-hybridized carbons (Fsp3) is 0.320. The van der Waals surface area contributed by atoms with Gasteiger partial charge in [-0.3, -0.25) is 4.79 Å². The Morgan fingerprint density at radius 2 is 1.82 bits per heavy atom. The first-order valence-corrected chi connectivity index (χ1v) is 13.3. The quantitative estimate of drug-likeness (QED) is 0.520. The van der Waals surface area contributed by atoms with Crippen molar-refractivity contribution in [1.29, 1.82) is 0 Å². The molecule has 1 N–H and O–H groups in total. The Balaban J connectivity index is 1.42. The molecular formula is C25H28N2O4S2. The van der Waals surface area contributed by atoms with Gasteiger partial charge in [-0.15, -0.1) is 11.3 Å². The molecule has 1 amide bonds. The smallest absolute Gasteiger partial charge is 0.252 e. The predicted molar refractivity (Wildman–Crippen MR) is 131 cm³/mol. The third-order valence-electron chi connectivity index (χ3n) is 5.64. The monoisotopic (exact) mass is 484 g/mol. The van der Waals surface area contributed by atoms with Crippen molar-refractivity contribution in [3.63, 3.8) is 0 Å². The minimum absolute atomic E-state index is 0.0355. The van der Waals surface area contributed by atoms with Gasteiger partial charge in [-0.1, -0.05) is 42.5 Å². The van der Waals surface area contributed by atoms with E-state index in [9.17, 15) is 13.2 Å². The molecule has 3 aromatic rings. The van der Waals surface area contributed by atoms with Crippen LogP contribution in [0.5, 0.6) is 0 Å². The van der Waals surface area contributed by atoms with Crippen LogP contribution in [-0.4, -0.2) is 51.0 Å². The summed E-state index contributed by atoms with van der Waals surface area (Å²) < 4.78 is 32.9. The summed E-state index contributed by atoms with van der Waals surface area (Å²) in [5, 5.41) is 3.07. The molecule has 2 heterocycles. The molecule has 4 rings (SSSR count). The first kappa shape index (κ1) is 23.6. The molecule has 0 radical (unpaired) electrons. The number of benzene rings is 2. The molecule has 1 aromatic heterocycles. The molecule has 1 aliphatic heterocycles. The zero-order valence-corrected chi connectivity index (χ0v) is 20.2. The maximum atomic E-state index is 12.9. The Morgan fingerprint density at radius 3 is 2.58 bits per heavy atom. The summed E-state index contributed by atoms with van der Waals surface area (Å²) in [6, 6.07) is 21.0. The molecule has 0 unspecified atom stereocenters. The van der Waals surface area contributed by atoms with Crippen molar-refractivity contribution >= 4 is 27.3 Å². The van der Waals surface area contributed by atoms with Crippen molar-refractivity contribution in [1.82, 2.24) is 9.62 Å². The van der Waals surface area contributed by atoms with Crippen molar-refractivity contribution in [2.45, 2.75) is 30.0 Å². The Bertz CT molecular complexity index is 1190. The molecular weight excluding hydrogens is 456 g/mol. The second-order valence-electron chi connectivity index (χ2n) is 8.11. The number of rotatable bonds is 8. The minimum atomic E-state index is -3.53. The Hall–Kier alpha value is -2.52. The van der Waals surface area contributed by atoms with E-state index in [1.165, 1.54) is 21.2 Å². The van der Waals surface area contributed by atoms with Gasteiger partial charge in [0.05, 0.1) is 13.2 Å². The van der Waals surface area contributed by atoms with Gasteiger partial charge in [0.2, 0.25) is 0 Å². The number of amides is 1. The Kier molecular flexibility index (Phi) is 7.60. The Morgan fingerprint density at radius 1 is 1.06 bits per heavy atom. The lowest BCUT2D eigenvalue weighted by Gasteiger charge is -2.25. The van der Waals surface area contributed by atoms with E-state index in [0.29, 0.717) is 36.1 Å². The maximum absolute atomic E-state index is 12.9. The van der Waals surface area contributed by atoms with E-state index in [1.807, 2.05) is 43.3 Å². The van der Waals surface area contributed by atoms with Gasteiger partial charge in [-0.2, -0.15) is 4.31 Å². The molecule has 8 heteroatoms. The van der Waals surface area contributed by atoms with Gasteiger partial charge in [0.15, 0.2) is 0 Å². The number of sulfonamides is 1. The van der Waals surface area contributed by atoms with Crippen LogP contribution in [0, 0.1) is 0 Å². The number of nitrogens with zero attached hydrogens (tertiary/aromatic N) is 1. The standard InChI is InChI=1S/C25H28N2O4S2/c1-19(10-11-20-6-3-2-4-7-20)26-25(28)22-9-5-8-21(18-22)23-12-13-24(32-23)33(29,30)27-14-16-31-17-15-27/h2-9,12-13,18-19H,10-11,14-17H2,1H3,(H,26,28)/t19-/m1/s1. The molecule has 1 fully saturated rings. The van der Waals surface area contributed by atoms with Crippen molar-refractivity contribution in [3.8, 4) is 10.4 Å². The van der Waals surface area contributed by atoms with Crippen LogP contribution < -0.4 is 5.32 Å². The zero-order chi connectivity index (χ0) is 23.3. The van der Waals surface area contributed by atoms with Crippen molar-refractivity contribution in [2.75, 3.05) is 26.3 Å². The van der Waals surface area contributed by atoms with E-state index in [0.717, 1.165) is 23.3 Å². The molecule has 174 valence electrons. The molecule has 0 bridgehead atoms. The van der Waals surface area contributed by atoms with Crippen molar-refractivity contribution in [3.05, 3.63) is 77.9 Å². The number of carbonyl (C=O) groups excluding carboxylic acids is 1. The molecule has 1 aliphatic rings. The molecule has 2 aromatic carbocycles. The SMILES string of the molecule is C[C@H](CCc1ccccc1)NC(=O)c1cccc(-c2ccc(S(=O)(=O)N3CCOCC3)s2)c1. The average molecular weight is 485 g/mol. The van der Waals surface area contributed by atoms with Crippen LogP contribution in [-0.2, 0) is 21.2 Å². The zero-order valence-electron chi connectivity index (χ0n) is 18.6. The number of carbonyl (C=O) groups is 1. The van der Waals surface area contributed by atoms with Gasteiger partial charge in [-0.25, -0.2) is 8.42 Å². The molecule has 1 saturated heterocycles. The highest BCUT2D eigenvalue weighted by Gasteiger charge is 2.28. The number of thiophene rings is 1. The van der Waals surface area contributed by atoms with Gasteiger partial charge >= 0.3 is 0 Å². The second-order valence-corrected chi connectivity index (χ2v) is 11.4. The third kappa shape index (κ3) is 5.89. The second kappa shape index (κ2) is 10.6. The lowest BCUT2D eigenvalue weighted by Crippen LogP contribution is -2.40. The van der Waals surface area contributed by atoms with Gasteiger partial charge in [0.1, 0.15) is 4.21 Å². The van der Waals surface area contributed by atoms with Crippen LogP contribution in [0.2, 0.25) is 0 Å². The maximum Gasteiger partial charge on any atom is 0.252 e. The third-order valence-corrected chi connectivity index (χ3v) is 9.14. The fourth-order valence-corrected chi connectivity index (χ4v) is 6.61. The summed E-state index contributed by atoms with van der Waals surface area (Å²) in [5.41, 5.74) is 2.64. The number of ether oxygens (including phenoxy) is 1. The lowest BCUT2D eigenvalue weighted by atomic mass is 10.1. The first-order chi connectivity index (χ1) is 15.9. The predicted octanol–water partition coefficient (Wildman–Crippen LogP) is 4.19. The molecule has 33 heavy (non-hydrogen) atoms. The topological polar surface area (TPSA) is 75.7 Å². The van der Waals surface area contributed by atoms with Crippen LogP contribution in [0.1, 0.15) is 29.3 Å². The molecule has 6 nitrogen and oxygen atoms in total. The highest BCUT2D eigenvalue weighted by Crippen LogP contribution is 2.33. The molecule has 0 aliphatic carbocycles. The summed E-state index contributed by atoms with van der Waals surface area (Å²) in [4.78, 5) is 13.6. The normalized spacial score (nSPS) is 15.8. The van der Waals surface area contributed by atoms with E-state index >= 15 is 0 Å². The van der Waals surface area contributed by atoms with E-state index in [1.54, 1.807) is 18.2 Å². The van der Waals surface area contributed by atoms with E-state index in [2.05, 4.69) is 17.4 Å². The molecule has 0 spiro atoms. The van der Waals surface area contributed by atoms with Gasteiger partial charge < -0.3 is 10.1 Å². The van der Waals surface area contributed by atoms with Gasteiger partial charge in [0.25, 0.3) is 15.9 Å². The minimum Gasteiger partial charge on any atom is -0.379 e. The van der Waals surface area contributed by atoms with Gasteiger partial charge in [0, 0.05) is 29.6 Å². The summed E-state index contributed by atoms with van der Waals surface area (Å²) in [6.45, 7) is 3.57. The van der Waals surface area contributed by atoms with Crippen LogP contribution in [0.25, 0.3) is 10.4 Å². The first-order valence-electron chi connectivity index (χ1n) is 11.1. The average Bonchev–Trinajstić information content (AvgIpc) is 3.35. The summed E-state index contributed by atoms with van der Waals surface area (Å²) in [7, 11) is -3.53. The van der Waals surface area contributed by atoms with Crippen LogP contribution in [0.4, 0.5) is 0 Å². The lowest BCUT2D eigenvalue weighted by molar-refractivity contribution is 0.0731. The van der Waals surface area contributed by atoms with E-state index in [4.69, 9.17) is 4.74 Å². The molecule has 0 saturated carbocycles. The van der Waals surface area contributed by atoms with E-state index < -0.39 is 10.0 Å². The van der Waals surface area contributed by atoms with Crippen LogP contribution >= 0.6 is 11.3 Å². The van der Waals surface area contributed by atoms with Crippen LogP contribution in [0.15, 0.2) is 70.9 Å². The molecule has 1 atom stereocenters. The van der Waals surface area contributed by atoms with Crippen LogP contribution in [0.3, 0.4) is 0 Å². The number of aryl methyl sites for hydroxylation is 1. The van der Waals surface area contributed by atoms with E-state index in [-0.39, 0.29) is 11.9 Å². The highest BCUT2D eigenvalue weighted by atomic mass is 32.2. The number of nitrogens with one attached hydrogen (secondary N) is 1. The fourth-order valence-electron chi connectivity index (χ4n) is 3.75. The number of hydrogen-bond acceptors (Lipinski definition) is 5. The van der Waals surface area contributed by atoms with Crippen molar-refractivity contribution in [2.24, 2.45) is 0 Å². The number of hydrogen-bond donors (Lipinski definition) is 1. The Labute approximate surface area is 199 Å². The summed E-state index contributed by atoms with van der Waals surface area (Å²) in [6.07, 6.45) is 1.75. The van der Waals surface area contributed by atoms with Crippen molar-refractivity contribution < 1.29 is 17.9 Å². The summed E-state index contributed by atoms with van der Waals surface area (Å²) in [5.74, 6) is -0.130. The summed E-state index contributed by atoms with van der Waals surface area (Å²) >= 11 is 1.22. The largest absolute Gasteiger partial charge is 0.379 e. The van der Waals surface area contributed by atoms with Gasteiger partial charge in [-0.05, 0) is 55.2 Å².